The van der Waals surface area contributed by atoms with E-state index in [9.17, 15) is 4.79 Å². The number of rotatable bonds is 2. The molecule has 2 rings (SSSR count). The predicted octanol–water partition coefficient (Wildman–Crippen LogP) is 2.55. The molecule has 0 spiro atoms. The van der Waals surface area contributed by atoms with Crippen LogP contribution in [-0.4, -0.2) is 17.7 Å². The first-order valence-corrected chi connectivity index (χ1v) is 5.61. The van der Waals surface area contributed by atoms with E-state index in [1.165, 1.54) is 0 Å². The van der Waals surface area contributed by atoms with Gasteiger partial charge in [-0.05, 0) is 24.3 Å². The fourth-order valence-corrected chi connectivity index (χ4v) is 1.59. The number of carbonyl (C=O) groups excluding carboxylic acids is 1. The van der Waals surface area contributed by atoms with Crippen molar-refractivity contribution in [2.75, 3.05) is 11.9 Å². The van der Waals surface area contributed by atoms with Gasteiger partial charge in [0.2, 0.25) is 0 Å². The van der Waals surface area contributed by atoms with Gasteiger partial charge in [-0.15, -0.1) is 0 Å². The van der Waals surface area contributed by atoms with Gasteiger partial charge in [-0.2, -0.15) is 0 Å². The van der Waals surface area contributed by atoms with E-state index in [-0.39, 0.29) is 5.78 Å². The highest BCUT2D eigenvalue weighted by atomic mass is 79.9. The van der Waals surface area contributed by atoms with E-state index in [0.717, 1.165) is 0 Å². The summed E-state index contributed by atoms with van der Waals surface area (Å²) in [7, 11) is 0. The van der Waals surface area contributed by atoms with Gasteiger partial charge in [0.25, 0.3) is 0 Å². The monoisotopic (exact) mass is 268 g/mol. The second-order valence-electron chi connectivity index (χ2n) is 3.02. The normalized spacial score (nSPS) is 13.4. The number of hydrogen-bond donors (Lipinski definition) is 0. The van der Waals surface area contributed by atoms with Crippen molar-refractivity contribution < 1.29 is 14.3 Å². The van der Waals surface area contributed by atoms with E-state index in [4.69, 9.17) is 9.47 Å². The van der Waals surface area contributed by atoms with Crippen LogP contribution in [-0.2, 0) is 0 Å². The van der Waals surface area contributed by atoms with Crippen molar-refractivity contribution in [1.29, 1.82) is 0 Å². The Morgan fingerprint density at radius 2 is 2.27 bits per heavy atom. The number of hydrogen-bond acceptors (Lipinski definition) is 3. The molecule has 0 fully saturated rings. The summed E-state index contributed by atoms with van der Waals surface area (Å²) >= 11 is 3.13. The Morgan fingerprint density at radius 3 is 3.07 bits per heavy atom. The summed E-state index contributed by atoms with van der Waals surface area (Å²) in [6, 6.07) is 5.16. The number of fused-ring (bicyclic) bond motifs is 1. The molecule has 15 heavy (non-hydrogen) atoms. The van der Waals surface area contributed by atoms with Crippen LogP contribution in [0.1, 0.15) is 10.4 Å². The highest BCUT2D eigenvalue weighted by Gasteiger charge is 2.11. The first kappa shape index (κ1) is 10.2. The van der Waals surface area contributed by atoms with E-state index < -0.39 is 0 Å². The van der Waals surface area contributed by atoms with Crippen molar-refractivity contribution in [3.05, 3.63) is 36.1 Å². The van der Waals surface area contributed by atoms with E-state index in [1.807, 2.05) is 0 Å². The maximum Gasteiger partial charge on any atom is 0.173 e. The van der Waals surface area contributed by atoms with Crippen LogP contribution in [0, 0.1) is 0 Å². The van der Waals surface area contributed by atoms with Crippen LogP contribution in [0.5, 0.6) is 11.5 Å². The SMILES string of the molecule is O=C(CBr)c1ccc2c(c1)OCC=CO2. The second-order valence-corrected chi connectivity index (χ2v) is 3.58. The van der Waals surface area contributed by atoms with Crippen molar-refractivity contribution in [3.63, 3.8) is 0 Å². The molecule has 0 saturated heterocycles. The van der Waals surface area contributed by atoms with E-state index in [2.05, 4.69) is 15.9 Å². The van der Waals surface area contributed by atoms with E-state index in [1.54, 1.807) is 30.5 Å². The molecule has 0 radical (unpaired) electrons. The van der Waals surface area contributed by atoms with Crippen molar-refractivity contribution in [3.8, 4) is 11.5 Å². The largest absolute Gasteiger partial charge is 0.485 e. The van der Waals surface area contributed by atoms with Crippen molar-refractivity contribution in [1.82, 2.24) is 0 Å². The van der Waals surface area contributed by atoms with Crippen molar-refractivity contribution in [2.24, 2.45) is 0 Å². The van der Waals surface area contributed by atoms with Crippen molar-refractivity contribution in [2.45, 2.75) is 0 Å². The zero-order valence-corrected chi connectivity index (χ0v) is 9.49. The van der Waals surface area contributed by atoms with Gasteiger partial charge in [0.15, 0.2) is 17.3 Å². The van der Waals surface area contributed by atoms with E-state index in [0.29, 0.717) is 29.0 Å². The van der Waals surface area contributed by atoms with Crippen LogP contribution in [0.4, 0.5) is 0 Å². The topological polar surface area (TPSA) is 35.5 Å². The maximum atomic E-state index is 11.4. The lowest BCUT2D eigenvalue weighted by molar-refractivity contribution is 0.102. The average molecular weight is 269 g/mol. The summed E-state index contributed by atoms with van der Waals surface area (Å²) in [5.74, 6) is 1.26. The minimum absolute atomic E-state index is 0.0265. The molecule has 0 bridgehead atoms. The van der Waals surface area contributed by atoms with Crippen molar-refractivity contribution >= 4 is 21.7 Å². The molecule has 1 aliphatic heterocycles. The molecule has 0 saturated carbocycles. The third kappa shape index (κ3) is 2.21. The number of halogens is 1. The van der Waals surface area contributed by atoms with Gasteiger partial charge in [-0.25, -0.2) is 0 Å². The third-order valence-corrected chi connectivity index (χ3v) is 2.52. The summed E-state index contributed by atoms with van der Waals surface area (Å²) < 4.78 is 10.7. The standard InChI is InChI=1S/C11H9BrO3/c12-7-9(13)8-2-3-10-11(6-8)15-5-1-4-14-10/h1-4,6H,5,7H2. The Kier molecular flexibility index (Phi) is 3.06. The number of ketones is 1. The maximum absolute atomic E-state index is 11.4. The fourth-order valence-electron chi connectivity index (χ4n) is 1.27. The highest BCUT2D eigenvalue weighted by molar-refractivity contribution is 9.09. The Balaban J connectivity index is 2.34. The minimum atomic E-state index is 0.0265. The summed E-state index contributed by atoms with van der Waals surface area (Å²) in [4.78, 5) is 11.4. The van der Waals surface area contributed by atoms with Gasteiger partial charge in [0, 0.05) is 5.56 Å². The fraction of sp³-hybridized carbons (Fsp3) is 0.182. The molecule has 1 aromatic carbocycles. The van der Waals surface area contributed by atoms with Crippen LogP contribution in [0.3, 0.4) is 0 Å². The molecule has 0 amide bonds. The predicted molar refractivity (Wildman–Crippen MR) is 59.8 cm³/mol. The Hall–Kier alpha value is -1.29. The van der Waals surface area contributed by atoms with Crippen LogP contribution < -0.4 is 9.47 Å². The second kappa shape index (κ2) is 4.49. The molecule has 1 aliphatic rings. The molecular weight excluding hydrogens is 260 g/mol. The summed E-state index contributed by atoms with van der Waals surface area (Å²) in [6.45, 7) is 0.457. The molecule has 0 N–H and O–H groups in total. The lowest BCUT2D eigenvalue weighted by atomic mass is 10.1. The zero-order chi connectivity index (χ0) is 10.7. The molecule has 78 valence electrons. The highest BCUT2D eigenvalue weighted by Crippen LogP contribution is 2.30. The lowest BCUT2D eigenvalue weighted by Gasteiger charge is -2.07. The molecule has 1 aromatic rings. The zero-order valence-electron chi connectivity index (χ0n) is 7.90. The van der Waals surface area contributed by atoms with Gasteiger partial charge < -0.3 is 9.47 Å². The minimum Gasteiger partial charge on any atom is -0.485 e. The molecule has 0 atom stereocenters. The lowest BCUT2D eigenvalue weighted by Crippen LogP contribution is -2.01. The first-order valence-electron chi connectivity index (χ1n) is 4.49. The van der Waals surface area contributed by atoms with Crippen LogP contribution in [0.2, 0.25) is 0 Å². The molecule has 0 aromatic heterocycles. The molecular formula is C11H9BrO3. The Bertz CT molecular complexity index is 412. The molecule has 4 heteroatoms. The summed E-state index contributed by atoms with van der Waals surface area (Å²) in [5.41, 5.74) is 0.621. The van der Waals surface area contributed by atoms with Gasteiger partial charge in [0.05, 0.1) is 11.6 Å². The summed E-state index contributed by atoms with van der Waals surface area (Å²) in [6.07, 6.45) is 3.35. The molecule has 0 aliphatic carbocycles. The summed E-state index contributed by atoms with van der Waals surface area (Å²) in [5, 5.41) is 0.310. The quantitative estimate of drug-likeness (QED) is 0.611. The van der Waals surface area contributed by atoms with Crippen LogP contribution in [0.15, 0.2) is 30.5 Å². The first-order chi connectivity index (χ1) is 7.31. The number of carbonyl (C=O) groups is 1. The van der Waals surface area contributed by atoms with Gasteiger partial charge >= 0.3 is 0 Å². The smallest absolute Gasteiger partial charge is 0.173 e. The number of ether oxygens (including phenoxy) is 2. The average Bonchev–Trinajstić information content (AvgIpc) is 2.51. The number of benzene rings is 1. The Morgan fingerprint density at radius 1 is 1.40 bits per heavy atom. The number of alkyl halides is 1. The molecule has 1 heterocycles. The van der Waals surface area contributed by atoms with Crippen LogP contribution in [0.25, 0.3) is 0 Å². The van der Waals surface area contributed by atoms with Gasteiger partial charge in [-0.3, -0.25) is 4.79 Å². The van der Waals surface area contributed by atoms with Gasteiger partial charge in [0.1, 0.15) is 6.61 Å². The molecule has 3 nitrogen and oxygen atoms in total. The Labute approximate surface area is 95.8 Å². The third-order valence-electron chi connectivity index (χ3n) is 2.01. The number of Topliss-reactive ketones (excluding diaryl/α,β-unsaturated/α-hetero) is 1. The molecule has 0 unspecified atom stereocenters. The van der Waals surface area contributed by atoms with Crippen LogP contribution >= 0.6 is 15.9 Å². The van der Waals surface area contributed by atoms with E-state index >= 15 is 0 Å². The van der Waals surface area contributed by atoms with Gasteiger partial charge in [-0.1, -0.05) is 15.9 Å².